The summed E-state index contributed by atoms with van der Waals surface area (Å²) in [6, 6.07) is 7.67. The second-order valence-electron chi connectivity index (χ2n) is 5.37. The van der Waals surface area contributed by atoms with Gasteiger partial charge in [0.15, 0.2) is 0 Å². The van der Waals surface area contributed by atoms with Gasteiger partial charge in [-0.15, -0.1) is 6.58 Å². The monoisotopic (exact) mass is 406 g/mol. The van der Waals surface area contributed by atoms with E-state index < -0.39 is 37.2 Å². The van der Waals surface area contributed by atoms with Crippen molar-refractivity contribution in [2.75, 3.05) is 11.9 Å². The fourth-order valence-electron chi connectivity index (χ4n) is 2.11. The van der Waals surface area contributed by atoms with Crippen LogP contribution in [-0.2, 0) is 10.0 Å². The molecule has 2 N–H and O–H groups in total. The summed E-state index contributed by atoms with van der Waals surface area (Å²) in [5.41, 5.74) is -1.30. The van der Waals surface area contributed by atoms with Crippen molar-refractivity contribution in [1.29, 1.82) is 0 Å². The number of rotatable bonds is 8. The lowest BCUT2D eigenvalue weighted by molar-refractivity contribution is -0.394. The Kier molecular flexibility index (Phi) is 6.18. The third-order valence-electron chi connectivity index (χ3n) is 3.43. The fourth-order valence-corrected chi connectivity index (χ4v) is 3.11. The largest absolute Gasteiger partial charge is 0.322 e. The average Bonchev–Trinajstić information content (AvgIpc) is 2.66. The van der Waals surface area contributed by atoms with Crippen LogP contribution < -0.4 is 10.0 Å². The van der Waals surface area contributed by atoms with E-state index in [9.17, 15) is 33.4 Å². The Bertz CT molecular complexity index is 1020. The van der Waals surface area contributed by atoms with Crippen LogP contribution in [0.2, 0.25) is 0 Å². The van der Waals surface area contributed by atoms with E-state index in [-0.39, 0.29) is 22.7 Å². The lowest BCUT2D eigenvalue weighted by atomic mass is 10.1. The highest BCUT2D eigenvalue weighted by atomic mass is 32.2. The first kappa shape index (κ1) is 20.7. The number of nitro benzene ring substituents is 2. The molecule has 0 saturated heterocycles. The molecular formula is C16H14N4O7S. The van der Waals surface area contributed by atoms with Gasteiger partial charge < -0.3 is 5.32 Å². The van der Waals surface area contributed by atoms with E-state index in [1.807, 2.05) is 0 Å². The number of nitro groups is 2. The summed E-state index contributed by atoms with van der Waals surface area (Å²) in [6.07, 6.45) is 1.38. The lowest BCUT2D eigenvalue weighted by Crippen LogP contribution is -2.23. The van der Waals surface area contributed by atoms with Crippen LogP contribution in [0.15, 0.2) is 60.0 Å². The maximum absolute atomic E-state index is 12.3. The van der Waals surface area contributed by atoms with E-state index in [2.05, 4.69) is 16.6 Å². The maximum atomic E-state index is 12.3. The number of non-ortho nitro benzene ring substituents is 2. The predicted molar refractivity (Wildman–Crippen MR) is 99.5 cm³/mol. The molecule has 0 saturated carbocycles. The van der Waals surface area contributed by atoms with Crippen LogP contribution in [0.3, 0.4) is 0 Å². The first-order valence-electron chi connectivity index (χ1n) is 7.60. The molecule has 12 heteroatoms. The minimum absolute atomic E-state index is 0.0432. The van der Waals surface area contributed by atoms with Gasteiger partial charge in [0.25, 0.3) is 17.3 Å². The quantitative estimate of drug-likeness (QED) is 0.386. The molecule has 0 unspecified atom stereocenters. The summed E-state index contributed by atoms with van der Waals surface area (Å²) in [5.74, 6) is -0.827. The molecule has 0 aliphatic carbocycles. The maximum Gasteiger partial charge on any atom is 0.277 e. The van der Waals surface area contributed by atoms with Crippen LogP contribution in [0, 0.1) is 20.2 Å². The summed E-state index contributed by atoms with van der Waals surface area (Å²) in [7, 11) is -3.73. The molecule has 0 spiro atoms. The summed E-state index contributed by atoms with van der Waals surface area (Å²) >= 11 is 0. The number of benzene rings is 2. The van der Waals surface area contributed by atoms with E-state index >= 15 is 0 Å². The predicted octanol–water partition coefficient (Wildman–Crippen LogP) is 2.22. The number of hydrogen-bond acceptors (Lipinski definition) is 7. The first-order valence-corrected chi connectivity index (χ1v) is 9.08. The summed E-state index contributed by atoms with van der Waals surface area (Å²) in [6.45, 7) is 3.46. The molecule has 11 nitrogen and oxygen atoms in total. The van der Waals surface area contributed by atoms with Gasteiger partial charge in [-0.05, 0) is 24.3 Å². The molecule has 2 aromatic rings. The molecule has 146 valence electrons. The third kappa shape index (κ3) is 4.96. The smallest absolute Gasteiger partial charge is 0.277 e. The van der Waals surface area contributed by atoms with Crippen LogP contribution in [0.1, 0.15) is 10.4 Å². The lowest BCUT2D eigenvalue weighted by Gasteiger charge is -2.08. The standard InChI is InChI=1S/C16H14N4O7S/c1-2-7-17-28(26,27)15-5-3-12(4-6-15)18-16(21)11-8-13(19(22)23)10-14(9-11)20(24)25/h2-6,8-10,17H,1,7H2,(H,18,21). The molecule has 0 radical (unpaired) electrons. The Morgan fingerprint density at radius 2 is 1.57 bits per heavy atom. The van der Waals surface area contributed by atoms with Gasteiger partial charge in [0, 0.05) is 24.4 Å². The minimum Gasteiger partial charge on any atom is -0.322 e. The molecule has 28 heavy (non-hydrogen) atoms. The topological polar surface area (TPSA) is 162 Å². The molecule has 0 atom stereocenters. The van der Waals surface area contributed by atoms with Crippen molar-refractivity contribution >= 4 is 33.0 Å². The van der Waals surface area contributed by atoms with Gasteiger partial charge in [-0.3, -0.25) is 25.0 Å². The molecule has 0 aliphatic rings. The van der Waals surface area contributed by atoms with Gasteiger partial charge in [-0.25, -0.2) is 13.1 Å². The SMILES string of the molecule is C=CCNS(=O)(=O)c1ccc(NC(=O)c2cc([N+](=O)[O-])cc([N+](=O)[O-])c2)cc1. The van der Waals surface area contributed by atoms with Crippen molar-refractivity contribution in [2.24, 2.45) is 0 Å². The number of sulfonamides is 1. The van der Waals surface area contributed by atoms with Crippen molar-refractivity contribution in [1.82, 2.24) is 4.72 Å². The number of hydrogen-bond donors (Lipinski definition) is 2. The van der Waals surface area contributed by atoms with Crippen molar-refractivity contribution < 1.29 is 23.1 Å². The number of amides is 1. The summed E-state index contributed by atoms with van der Waals surface area (Å²) in [4.78, 5) is 32.3. The number of nitrogens with one attached hydrogen (secondary N) is 2. The van der Waals surface area contributed by atoms with Crippen molar-refractivity contribution in [2.45, 2.75) is 4.90 Å². The van der Waals surface area contributed by atoms with Gasteiger partial charge >= 0.3 is 0 Å². The molecule has 2 rings (SSSR count). The molecule has 0 bridgehead atoms. The van der Waals surface area contributed by atoms with Gasteiger partial charge in [-0.1, -0.05) is 6.08 Å². The second kappa shape index (κ2) is 8.37. The first-order chi connectivity index (χ1) is 13.1. The van der Waals surface area contributed by atoms with Gasteiger partial charge in [0.1, 0.15) is 0 Å². The summed E-state index contributed by atoms with van der Waals surface area (Å²) < 4.78 is 26.2. The van der Waals surface area contributed by atoms with Crippen LogP contribution >= 0.6 is 0 Å². The second-order valence-corrected chi connectivity index (χ2v) is 7.14. The number of anilines is 1. The Morgan fingerprint density at radius 3 is 2.04 bits per heavy atom. The molecule has 0 fully saturated rings. The summed E-state index contributed by atoms with van der Waals surface area (Å²) in [5, 5.41) is 24.2. The molecule has 2 aromatic carbocycles. The molecule has 0 aromatic heterocycles. The highest BCUT2D eigenvalue weighted by Crippen LogP contribution is 2.23. The Balaban J connectivity index is 2.24. The van der Waals surface area contributed by atoms with Crippen LogP contribution in [0.25, 0.3) is 0 Å². The van der Waals surface area contributed by atoms with E-state index in [0.717, 1.165) is 18.2 Å². The Morgan fingerprint density at radius 1 is 1.04 bits per heavy atom. The zero-order chi connectivity index (χ0) is 20.9. The van der Waals surface area contributed by atoms with Crippen LogP contribution in [0.5, 0.6) is 0 Å². The molecule has 1 amide bonds. The number of carbonyl (C=O) groups is 1. The van der Waals surface area contributed by atoms with Crippen molar-refractivity contribution in [3.05, 3.63) is 80.9 Å². The van der Waals surface area contributed by atoms with E-state index in [1.165, 1.54) is 30.3 Å². The Labute approximate surface area is 159 Å². The number of carbonyl (C=O) groups excluding carboxylic acids is 1. The van der Waals surface area contributed by atoms with Crippen LogP contribution in [0.4, 0.5) is 17.1 Å². The zero-order valence-electron chi connectivity index (χ0n) is 14.2. The van der Waals surface area contributed by atoms with E-state index in [4.69, 9.17) is 0 Å². The van der Waals surface area contributed by atoms with E-state index in [0.29, 0.717) is 0 Å². The zero-order valence-corrected chi connectivity index (χ0v) is 15.0. The molecule has 0 heterocycles. The van der Waals surface area contributed by atoms with Crippen LogP contribution in [-0.4, -0.2) is 30.7 Å². The average molecular weight is 406 g/mol. The van der Waals surface area contributed by atoms with Gasteiger partial charge in [0.2, 0.25) is 10.0 Å². The van der Waals surface area contributed by atoms with Crippen molar-refractivity contribution in [3.8, 4) is 0 Å². The highest BCUT2D eigenvalue weighted by molar-refractivity contribution is 7.89. The normalized spacial score (nSPS) is 10.9. The fraction of sp³-hybridized carbons (Fsp3) is 0.0625. The number of nitrogens with zero attached hydrogens (tertiary/aromatic N) is 2. The van der Waals surface area contributed by atoms with Gasteiger partial charge in [0.05, 0.1) is 26.4 Å². The minimum atomic E-state index is -3.73. The van der Waals surface area contributed by atoms with Gasteiger partial charge in [-0.2, -0.15) is 0 Å². The molecular weight excluding hydrogens is 392 g/mol. The molecule has 0 aliphatic heterocycles. The Hall–Kier alpha value is -3.64. The van der Waals surface area contributed by atoms with E-state index in [1.54, 1.807) is 0 Å². The van der Waals surface area contributed by atoms with Crippen molar-refractivity contribution in [3.63, 3.8) is 0 Å². The highest BCUT2D eigenvalue weighted by Gasteiger charge is 2.20. The third-order valence-corrected chi connectivity index (χ3v) is 4.87.